The van der Waals surface area contributed by atoms with Gasteiger partial charge in [0.25, 0.3) is 0 Å². The summed E-state index contributed by atoms with van der Waals surface area (Å²) in [4.78, 5) is 25.9. The van der Waals surface area contributed by atoms with Crippen LogP contribution in [0.25, 0.3) is 0 Å². The first kappa shape index (κ1) is 17.7. The topological polar surface area (TPSA) is 76.5 Å². The standard InChI is InChI=1S/C17H22N4O3/c1-13(21-9-5-8-18-21)17(23)20(2)11-16(22)19-15-7-4-6-14(10-15)12-24-3/h4-10,13H,11-12H2,1-3H3,(H,19,22). The number of ether oxygens (including phenoxy) is 1. The van der Waals surface area contributed by atoms with Gasteiger partial charge in [-0.2, -0.15) is 5.10 Å². The van der Waals surface area contributed by atoms with E-state index in [4.69, 9.17) is 4.74 Å². The van der Waals surface area contributed by atoms with Gasteiger partial charge >= 0.3 is 0 Å². The van der Waals surface area contributed by atoms with Gasteiger partial charge in [-0.15, -0.1) is 0 Å². The highest BCUT2D eigenvalue weighted by molar-refractivity contribution is 5.94. The maximum Gasteiger partial charge on any atom is 0.247 e. The zero-order chi connectivity index (χ0) is 17.5. The fourth-order valence-electron chi connectivity index (χ4n) is 2.34. The first-order chi connectivity index (χ1) is 11.5. The van der Waals surface area contributed by atoms with Crippen molar-refractivity contribution in [3.63, 3.8) is 0 Å². The fourth-order valence-corrected chi connectivity index (χ4v) is 2.34. The molecule has 2 rings (SSSR count). The van der Waals surface area contributed by atoms with Gasteiger partial charge < -0.3 is 15.0 Å². The lowest BCUT2D eigenvalue weighted by molar-refractivity contribution is -0.136. The number of carbonyl (C=O) groups excluding carboxylic acids is 2. The summed E-state index contributed by atoms with van der Waals surface area (Å²) in [6.45, 7) is 2.19. The molecule has 0 bridgehead atoms. The van der Waals surface area contributed by atoms with Crippen molar-refractivity contribution in [1.82, 2.24) is 14.7 Å². The summed E-state index contributed by atoms with van der Waals surface area (Å²) in [5.41, 5.74) is 1.64. The zero-order valence-electron chi connectivity index (χ0n) is 14.1. The summed E-state index contributed by atoms with van der Waals surface area (Å²) in [5, 5.41) is 6.84. The molecule has 1 N–H and O–H groups in total. The number of likely N-dealkylation sites (N-methyl/N-ethyl adjacent to an activating group) is 1. The summed E-state index contributed by atoms with van der Waals surface area (Å²) < 4.78 is 6.63. The number of carbonyl (C=O) groups is 2. The maximum atomic E-state index is 12.3. The molecule has 1 aromatic carbocycles. The lowest BCUT2D eigenvalue weighted by atomic mass is 10.2. The molecule has 24 heavy (non-hydrogen) atoms. The minimum atomic E-state index is -0.456. The number of amides is 2. The van der Waals surface area contributed by atoms with Crippen molar-refractivity contribution in [1.29, 1.82) is 0 Å². The fraction of sp³-hybridized carbons (Fsp3) is 0.353. The van der Waals surface area contributed by atoms with Crippen LogP contribution in [0.1, 0.15) is 18.5 Å². The highest BCUT2D eigenvalue weighted by Gasteiger charge is 2.21. The summed E-state index contributed by atoms with van der Waals surface area (Å²) in [7, 11) is 3.22. The Labute approximate surface area is 141 Å². The molecule has 0 saturated heterocycles. The van der Waals surface area contributed by atoms with E-state index in [1.54, 1.807) is 50.3 Å². The van der Waals surface area contributed by atoms with Crippen molar-refractivity contribution in [2.75, 3.05) is 26.0 Å². The van der Waals surface area contributed by atoms with Crippen LogP contribution in [0.5, 0.6) is 0 Å². The second-order valence-corrected chi connectivity index (χ2v) is 5.54. The number of anilines is 1. The van der Waals surface area contributed by atoms with Gasteiger partial charge in [0.05, 0.1) is 13.2 Å². The lowest BCUT2D eigenvalue weighted by Gasteiger charge is -2.21. The van der Waals surface area contributed by atoms with E-state index < -0.39 is 6.04 Å². The molecule has 0 spiro atoms. The number of benzene rings is 1. The molecule has 0 aliphatic carbocycles. The highest BCUT2D eigenvalue weighted by atomic mass is 16.5. The van der Waals surface area contributed by atoms with Crippen molar-refractivity contribution in [3.8, 4) is 0 Å². The number of nitrogens with one attached hydrogen (secondary N) is 1. The summed E-state index contributed by atoms with van der Waals surface area (Å²) in [5.74, 6) is -0.435. The quantitative estimate of drug-likeness (QED) is 0.838. The second kappa shape index (κ2) is 8.26. The Hall–Kier alpha value is -2.67. The first-order valence-corrected chi connectivity index (χ1v) is 7.63. The van der Waals surface area contributed by atoms with E-state index in [9.17, 15) is 9.59 Å². The molecule has 0 fully saturated rings. The smallest absolute Gasteiger partial charge is 0.247 e. The monoisotopic (exact) mass is 330 g/mol. The molecule has 1 atom stereocenters. The van der Waals surface area contributed by atoms with Gasteiger partial charge in [-0.05, 0) is 30.7 Å². The Balaban J connectivity index is 1.91. The van der Waals surface area contributed by atoms with Crippen molar-refractivity contribution in [2.45, 2.75) is 19.6 Å². The molecule has 1 aromatic heterocycles. The molecule has 1 heterocycles. The molecule has 0 saturated carbocycles. The Kier molecular flexibility index (Phi) is 6.08. The van der Waals surface area contributed by atoms with E-state index in [1.165, 1.54) is 4.90 Å². The molecule has 2 aromatic rings. The van der Waals surface area contributed by atoms with Gasteiger partial charge in [0.2, 0.25) is 11.8 Å². The van der Waals surface area contributed by atoms with Gasteiger partial charge in [-0.1, -0.05) is 12.1 Å². The van der Waals surface area contributed by atoms with Gasteiger partial charge in [0.15, 0.2) is 0 Å². The number of hydrogen-bond donors (Lipinski definition) is 1. The highest BCUT2D eigenvalue weighted by Crippen LogP contribution is 2.12. The Bertz CT molecular complexity index is 685. The Morgan fingerprint density at radius 2 is 2.17 bits per heavy atom. The number of rotatable bonds is 7. The third-order valence-electron chi connectivity index (χ3n) is 3.56. The van der Waals surface area contributed by atoms with E-state index in [1.807, 2.05) is 18.2 Å². The zero-order valence-corrected chi connectivity index (χ0v) is 14.1. The van der Waals surface area contributed by atoms with Crippen molar-refractivity contribution < 1.29 is 14.3 Å². The summed E-state index contributed by atoms with van der Waals surface area (Å²) in [6.07, 6.45) is 3.33. The number of hydrogen-bond acceptors (Lipinski definition) is 4. The maximum absolute atomic E-state index is 12.3. The molecule has 0 radical (unpaired) electrons. The molecule has 7 nitrogen and oxygen atoms in total. The predicted molar refractivity (Wildman–Crippen MR) is 90.4 cm³/mol. The number of nitrogens with zero attached hydrogens (tertiary/aromatic N) is 3. The van der Waals surface area contributed by atoms with E-state index in [0.717, 1.165) is 5.56 Å². The summed E-state index contributed by atoms with van der Waals surface area (Å²) in [6, 6.07) is 8.70. The normalized spacial score (nSPS) is 11.8. The van der Waals surface area contributed by atoms with Crippen LogP contribution in [0.4, 0.5) is 5.69 Å². The predicted octanol–water partition coefficient (Wildman–Crippen LogP) is 1.69. The van der Waals surface area contributed by atoms with E-state index >= 15 is 0 Å². The second-order valence-electron chi connectivity index (χ2n) is 5.54. The average molecular weight is 330 g/mol. The molecule has 2 amide bonds. The minimum Gasteiger partial charge on any atom is -0.380 e. The molecular formula is C17H22N4O3. The van der Waals surface area contributed by atoms with Crippen molar-refractivity contribution in [2.24, 2.45) is 0 Å². The van der Waals surface area contributed by atoms with E-state index in [-0.39, 0.29) is 18.4 Å². The van der Waals surface area contributed by atoms with Crippen LogP contribution in [0.15, 0.2) is 42.7 Å². The van der Waals surface area contributed by atoms with Crippen molar-refractivity contribution in [3.05, 3.63) is 48.3 Å². The third-order valence-corrected chi connectivity index (χ3v) is 3.56. The molecule has 0 aliphatic heterocycles. The number of methoxy groups -OCH3 is 1. The summed E-state index contributed by atoms with van der Waals surface area (Å²) >= 11 is 0. The largest absolute Gasteiger partial charge is 0.380 e. The van der Waals surface area contributed by atoms with Crippen LogP contribution >= 0.6 is 0 Å². The molecular weight excluding hydrogens is 308 g/mol. The lowest BCUT2D eigenvalue weighted by Crippen LogP contribution is -2.38. The Morgan fingerprint density at radius 1 is 1.38 bits per heavy atom. The third kappa shape index (κ3) is 4.66. The van der Waals surface area contributed by atoms with E-state index in [2.05, 4.69) is 10.4 Å². The van der Waals surface area contributed by atoms with Crippen molar-refractivity contribution >= 4 is 17.5 Å². The molecule has 7 heteroatoms. The average Bonchev–Trinajstić information content (AvgIpc) is 3.08. The molecule has 1 unspecified atom stereocenters. The van der Waals surface area contributed by atoms with Crippen LogP contribution in [-0.2, 0) is 20.9 Å². The van der Waals surface area contributed by atoms with Gasteiger partial charge in [0.1, 0.15) is 6.04 Å². The van der Waals surface area contributed by atoms with Crippen LogP contribution in [0.3, 0.4) is 0 Å². The van der Waals surface area contributed by atoms with E-state index in [0.29, 0.717) is 12.3 Å². The van der Waals surface area contributed by atoms with Crippen LogP contribution < -0.4 is 5.32 Å². The molecule has 0 aliphatic rings. The van der Waals surface area contributed by atoms with Crippen LogP contribution in [-0.4, -0.2) is 47.2 Å². The molecule has 128 valence electrons. The van der Waals surface area contributed by atoms with Gasteiger partial charge in [-0.25, -0.2) is 0 Å². The first-order valence-electron chi connectivity index (χ1n) is 7.63. The van der Waals surface area contributed by atoms with Crippen LogP contribution in [0.2, 0.25) is 0 Å². The Morgan fingerprint density at radius 3 is 2.83 bits per heavy atom. The van der Waals surface area contributed by atoms with Gasteiger partial charge in [0, 0.05) is 32.2 Å². The SMILES string of the molecule is COCc1cccc(NC(=O)CN(C)C(=O)C(C)n2cccn2)c1. The van der Waals surface area contributed by atoms with Gasteiger partial charge in [-0.3, -0.25) is 14.3 Å². The number of aromatic nitrogens is 2. The minimum absolute atomic E-state index is 0.0288. The van der Waals surface area contributed by atoms with Crippen LogP contribution in [0, 0.1) is 0 Å².